The molecular formula is C26H32N2. The van der Waals surface area contributed by atoms with Crippen LogP contribution in [-0.2, 0) is 19.9 Å². The highest BCUT2D eigenvalue weighted by Crippen LogP contribution is 2.43. The van der Waals surface area contributed by atoms with E-state index in [2.05, 4.69) is 70.8 Å². The zero-order chi connectivity index (χ0) is 19.8. The Labute approximate surface area is 169 Å². The van der Waals surface area contributed by atoms with E-state index in [1.54, 1.807) is 0 Å². The van der Waals surface area contributed by atoms with Crippen molar-refractivity contribution in [2.24, 2.45) is 13.0 Å². The first-order chi connectivity index (χ1) is 13.5. The molecule has 0 saturated heterocycles. The minimum atomic E-state index is 0.605. The van der Waals surface area contributed by atoms with Crippen molar-refractivity contribution in [1.29, 1.82) is 0 Å². The molecule has 28 heavy (non-hydrogen) atoms. The van der Waals surface area contributed by atoms with E-state index in [4.69, 9.17) is 5.10 Å². The Hall–Kier alpha value is -2.35. The van der Waals surface area contributed by atoms with Gasteiger partial charge in [-0.15, -0.1) is 6.58 Å². The highest BCUT2D eigenvalue weighted by atomic mass is 15.3. The Morgan fingerprint density at radius 1 is 1.25 bits per heavy atom. The summed E-state index contributed by atoms with van der Waals surface area (Å²) in [6.07, 6.45) is 5.83. The van der Waals surface area contributed by atoms with Crippen molar-refractivity contribution in [2.45, 2.75) is 58.8 Å². The van der Waals surface area contributed by atoms with Gasteiger partial charge in [0.05, 0.1) is 11.2 Å². The van der Waals surface area contributed by atoms with Gasteiger partial charge in [-0.1, -0.05) is 43.7 Å². The largest absolute Gasteiger partial charge is 0.268 e. The van der Waals surface area contributed by atoms with Gasteiger partial charge in [-0.25, -0.2) is 0 Å². The van der Waals surface area contributed by atoms with Gasteiger partial charge < -0.3 is 0 Å². The predicted molar refractivity (Wildman–Crippen MR) is 120 cm³/mol. The zero-order valence-corrected chi connectivity index (χ0v) is 17.8. The highest BCUT2D eigenvalue weighted by Gasteiger charge is 2.28. The molecule has 0 radical (unpaired) electrons. The van der Waals surface area contributed by atoms with E-state index in [-0.39, 0.29) is 0 Å². The van der Waals surface area contributed by atoms with Crippen molar-refractivity contribution >= 4 is 10.9 Å². The lowest BCUT2D eigenvalue weighted by Crippen LogP contribution is -2.05. The van der Waals surface area contributed by atoms with Gasteiger partial charge in [0, 0.05) is 18.4 Å². The Kier molecular flexibility index (Phi) is 5.14. The lowest BCUT2D eigenvalue weighted by atomic mass is 9.86. The lowest BCUT2D eigenvalue weighted by Gasteiger charge is -2.19. The third-order valence-corrected chi connectivity index (χ3v) is 6.06. The molecule has 1 atom stereocenters. The summed E-state index contributed by atoms with van der Waals surface area (Å²) in [7, 11) is 2.07. The molecule has 1 aliphatic carbocycles. The number of hydrogen-bond donors (Lipinski definition) is 0. The van der Waals surface area contributed by atoms with Crippen LogP contribution in [-0.4, -0.2) is 9.78 Å². The molecule has 0 aliphatic heterocycles. The van der Waals surface area contributed by atoms with Crippen LogP contribution >= 0.6 is 0 Å². The summed E-state index contributed by atoms with van der Waals surface area (Å²) in [4.78, 5) is 0. The Morgan fingerprint density at radius 3 is 2.71 bits per heavy atom. The zero-order valence-electron chi connectivity index (χ0n) is 17.8. The van der Waals surface area contributed by atoms with Crippen LogP contribution in [0.3, 0.4) is 0 Å². The van der Waals surface area contributed by atoms with E-state index >= 15 is 0 Å². The van der Waals surface area contributed by atoms with Gasteiger partial charge in [0.25, 0.3) is 0 Å². The number of rotatable bonds is 7. The number of aromatic nitrogens is 2. The Morgan fingerprint density at radius 2 is 2.04 bits per heavy atom. The summed E-state index contributed by atoms with van der Waals surface area (Å²) in [5.41, 5.74) is 9.51. The second kappa shape index (κ2) is 7.58. The minimum absolute atomic E-state index is 0.605. The number of aryl methyl sites for hydroxylation is 2. The summed E-state index contributed by atoms with van der Waals surface area (Å²) in [5.74, 6) is 1.27. The summed E-state index contributed by atoms with van der Waals surface area (Å²) in [6.45, 7) is 10.9. The number of fused-ring (bicyclic) bond motifs is 1. The van der Waals surface area contributed by atoms with E-state index in [9.17, 15) is 0 Å². The first-order valence-corrected chi connectivity index (χ1v) is 10.7. The third kappa shape index (κ3) is 3.65. The number of benzene rings is 2. The maximum atomic E-state index is 4.83. The third-order valence-electron chi connectivity index (χ3n) is 6.06. The molecule has 2 aromatic carbocycles. The highest BCUT2D eigenvalue weighted by molar-refractivity contribution is 5.88. The van der Waals surface area contributed by atoms with Crippen LogP contribution in [0.15, 0.2) is 48.6 Å². The first-order valence-electron chi connectivity index (χ1n) is 10.7. The summed E-state index contributed by atoms with van der Waals surface area (Å²) >= 11 is 0. The summed E-state index contributed by atoms with van der Waals surface area (Å²) < 4.78 is 2.05. The van der Waals surface area contributed by atoms with E-state index in [1.165, 1.54) is 57.3 Å². The Bertz CT molecular complexity index is 1020. The molecule has 2 nitrogen and oxygen atoms in total. The van der Waals surface area contributed by atoms with Crippen LogP contribution in [0.1, 0.15) is 62.8 Å². The fourth-order valence-corrected chi connectivity index (χ4v) is 4.61. The smallest absolute Gasteiger partial charge is 0.0734 e. The van der Waals surface area contributed by atoms with Crippen molar-refractivity contribution in [2.75, 3.05) is 0 Å². The van der Waals surface area contributed by atoms with Crippen LogP contribution in [0.2, 0.25) is 0 Å². The first kappa shape index (κ1) is 19.0. The number of allylic oxidation sites excluding steroid dienone is 1. The minimum Gasteiger partial charge on any atom is -0.268 e. The fourth-order valence-electron chi connectivity index (χ4n) is 4.61. The van der Waals surface area contributed by atoms with Crippen LogP contribution in [0, 0.1) is 5.92 Å². The molecule has 1 unspecified atom stereocenters. The molecule has 4 rings (SSSR count). The summed E-state index contributed by atoms with van der Waals surface area (Å²) in [5, 5.41) is 6.17. The molecule has 146 valence electrons. The van der Waals surface area contributed by atoms with Crippen LogP contribution in [0.25, 0.3) is 22.0 Å². The van der Waals surface area contributed by atoms with E-state index in [0.717, 1.165) is 19.3 Å². The number of nitrogens with zero attached hydrogens (tertiary/aromatic N) is 2. The van der Waals surface area contributed by atoms with Gasteiger partial charge in [0.2, 0.25) is 0 Å². The van der Waals surface area contributed by atoms with Crippen molar-refractivity contribution in [3.05, 3.63) is 65.4 Å². The summed E-state index contributed by atoms with van der Waals surface area (Å²) in [6, 6.07) is 13.7. The fraction of sp³-hybridized carbons (Fsp3) is 0.423. The van der Waals surface area contributed by atoms with Crippen LogP contribution < -0.4 is 0 Å². The van der Waals surface area contributed by atoms with Crippen LogP contribution in [0.5, 0.6) is 0 Å². The second-order valence-corrected chi connectivity index (χ2v) is 8.78. The molecule has 3 aromatic rings. The van der Waals surface area contributed by atoms with E-state index < -0.39 is 0 Å². The molecular weight excluding hydrogens is 340 g/mol. The average molecular weight is 373 g/mol. The molecule has 0 amide bonds. The molecule has 1 aromatic heterocycles. The van der Waals surface area contributed by atoms with Gasteiger partial charge in [0.15, 0.2) is 0 Å². The van der Waals surface area contributed by atoms with Gasteiger partial charge in [-0.3, -0.25) is 4.68 Å². The Balaban J connectivity index is 1.80. The molecule has 0 bridgehead atoms. The van der Waals surface area contributed by atoms with Gasteiger partial charge in [-0.2, -0.15) is 5.10 Å². The standard InChI is InChI=1S/C26H32N2/c1-6-19-8-7-9-22(23(19)15-18(4)14-17(2)3)21-12-13-25-24(16-21)26(20-10-11-20)27-28(25)5/h7-9,12-13,16,18,20H,2,6,10-11,14-15H2,1,3-5H3. The average Bonchev–Trinajstić information content (AvgIpc) is 3.45. The topological polar surface area (TPSA) is 17.8 Å². The second-order valence-electron chi connectivity index (χ2n) is 8.78. The molecule has 2 heteroatoms. The predicted octanol–water partition coefficient (Wildman–Crippen LogP) is 6.82. The quantitative estimate of drug-likeness (QED) is 0.416. The normalized spacial score (nSPS) is 15.1. The molecule has 1 heterocycles. The molecule has 1 fully saturated rings. The van der Waals surface area contributed by atoms with E-state index in [1.807, 2.05) is 4.68 Å². The van der Waals surface area contributed by atoms with Crippen molar-refractivity contribution < 1.29 is 0 Å². The maximum absolute atomic E-state index is 4.83. The molecule has 0 N–H and O–H groups in total. The van der Waals surface area contributed by atoms with Crippen molar-refractivity contribution in [3.63, 3.8) is 0 Å². The monoisotopic (exact) mass is 372 g/mol. The van der Waals surface area contributed by atoms with Gasteiger partial charge >= 0.3 is 0 Å². The molecule has 0 spiro atoms. The van der Waals surface area contributed by atoms with Crippen molar-refractivity contribution in [1.82, 2.24) is 9.78 Å². The van der Waals surface area contributed by atoms with Crippen molar-refractivity contribution in [3.8, 4) is 11.1 Å². The maximum Gasteiger partial charge on any atom is 0.0734 e. The lowest BCUT2D eigenvalue weighted by molar-refractivity contribution is 0.573. The number of hydrogen-bond acceptors (Lipinski definition) is 1. The molecule has 1 aliphatic rings. The van der Waals surface area contributed by atoms with Crippen LogP contribution in [0.4, 0.5) is 0 Å². The van der Waals surface area contributed by atoms with E-state index in [0.29, 0.717) is 11.8 Å². The molecule has 1 saturated carbocycles. The SMILES string of the molecule is C=C(C)CC(C)Cc1c(CC)cccc1-c1ccc2c(c1)c(C1CC1)nn2C. The van der Waals surface area contributed by atoms with Gasteiger partial charge in [-0.05, 0) is 79.3 Å². The van der Waals surface area contributed by atoms with Gasteiger partial charge in [0.1, 0.15) is 0 Å².